The summed E-state index contributed by atoms with van der Waals surface area (Å²) < 4.78 is 79.3. The molecule has 0 rings (SSSR count). The maximum absolute atomic E-state index is 8.88. The van der Waals surface area contributed by atoms with Gasteiger partial charge in [-0.2, -0.15) is 9.90 Å². The van der Waals surface area contributed by atoms with E-state index in [1.807, 2.05) is 0 Å². The summed E-state index contributed by atoms with van der Waals surface area (Å²) >= 11 is 0. The van der Waals surface area contributed by atoms with Crippen molar-refractivity contribution in [3.63, 3.8) is 0 Å². The average molecular weight is 964 g/mol. The Morgan fingerprint density at radius 3 is 0.229 bits per heavy atom. The Bertz CT molecular complexity index is 748. The second-order valence-electron chi connectivity index (χ2n) is 4.48. The molecular weight excluding hydrogens is 940 g/mol. The Morgan fingerprint density at radius 1 is 0.229 bits per heavy atom. The van der Waals surface area contributed by atoms with Crippen LogP contribution in [0.3, 0.4) is 0 Å². The molecule has 0 fully saturated rings. The van der Waals surface area contributed by atoms with E-state index in [-0.39, 0.29) is 44.6 Å². The zero-order valence-corrected chi connectivity index (χ0v) is 33.2. The Balaban J connectivity index is -0.0000000301. The Hall–Kier alpha value is 2.48. The van der Waals surface area contributed by atoms with Crippen molar-refractivity contribution in [2.24, 2.45) is 0 Å². The largest absolute Gasteiger partial charge is 3.00 e. The van der Waals surface area contributed by atoms with Crippen molar-refractivity contribution >= 4 is 115 Å². The minimum atomic E-state index is -4.89. The van der Waals surface area contributed by atoms with E-state index in [1.165, 1.54) is 0 Å². The molecule has 0 aromatic rings. The van der Waals surface area contributed by atoms with E-state index in [4.69, 9.17) is 173 Å². The Morgan fingerprint density at radius 2 is 0.229 bits per heavy atom. The molecule has 0 saturated heterocycles. The fourth-order valence-corrected chi connectivity index (χ4v) is 0. The minimum absolute atomic E-state index is 0. The molecule has 0 heterocycles. The summed E-state index contributed by atoms with van der Waals surface area (Å²) in [6.07, 6.45) is 0. The molecule has 0 radical (unpaired) electrons. The van der Waals surface area contributed by atoms with Crippen molar-refractivity contribution in [3.05, 3.63) is 0 Å². The van der Waals surface area contributed by atoms with Crippen molar-refractivity contribution in [1.29, 1.82) is 0 Å². The van der Waals surface area contributed by atoms with Gasteiger partial charge in [0.1, 0.15) is 0 Å². The van der Waals surface area contributed by atoms with Crippen molar-refractivity contribution in [3.8, 4) is 0 Å². The van der Waals surface area contributed by atoms with Gasteiger partial charge in [-0.3, -0.25) is 27.4 Å². The van der Waals surface area contributed by atoms with E-state index >= 15 is 0 Å². The predicted molar refractivity (Wildman–Crippen MR) is 138 cm³/mol. The maximum atomic E-state index is 8.88. The van der Waals surface area contributed by atoms with Gasteiger partial charge in [0.2, 0.25) is 0 Å². The van der Waals surface area contributed by atoms with Gasteiger partial charge in [-0.1, -0.05) is 0 Å². The Kier molecular flexibility index (Phi) is 63.4. The number of hydrogen-bond acceptors (Lipinski definition) is 15. The fourth-order valence-electron chi connectivity index (χ4n) is 0. The van der Waals surface area contributed by atoms with Gasteiger partial charge in [0, 0.05) is 0 Å². The molecule has 0 spiro atoms. The van der Waals surface area contributed by atoms with Gasteiger partial charge in [0.25, 0.3) is 46.9 Å². The van der Waals surface area contributed by atoms with Crippen LogP contribution in [0.25, 0.3) is 0 Å². The van der Waals surface area contributed by atoms with Gasteiger partial charge in [0.15, 0.2) is 0 Å². The van der Waals surface area contributed by atoms with E-state index in [2.05, 4.69) is 0 Å². The molecule has 0 aromatic heterocycles. The molecule has 296 valence electrons. The van der Waals surface area contributed by atoms with Crippen LogP contribution in [0.15, 0.2) is 0 Å². The normalized spacial score (nSPS) is 11.1. The second-order valence-corrected chi connectivity index (χ2v) is 13.4. The molecule has 0 bridgehead atoms. The topological polar surface area (TPSA) is 717 Å². The third-order valence-corrected chi connectivity index (χ3v) is 0. The molecule has 1 atom stereocenters. The van der Waals surface area contributed by atoms with Crippen LogP contribution in [-0.2, 0) is 41.1 Å². The first-order valence-corrected chi connectivity index (χ1v) is 20.8. The van der Waals surface area contributed by atoms with Crippen LogP contribution in [0.2, 0.25) is 0 Å². The summed E-state index contributed by atoms with van der Waals surface area (Å²) in [6.45, 7) is 0. The SMILES string of the molecule is O=P(O)(O)O.O=P(O)(O)O.O=P(O)(O)O.O=P([O-])(O)O.O=P([O-])(O)O.O=P([O-])(O)O.O=P([O-])(O)O.O=P([O-])(O)O.O=P([O-])(O)O.P.[Al+3].[Al+3]. The fraction of sp³-hybridized carbons (Fsp3) is 0. The molecule has 1 unspecified atom stereocenters. The van der Waals surface area contributed by atoms with Gasteiger partial charge >= 0.3 is 58.2 Å². The van der Waals surface area contributed by atoms with Crippen LogP contribution in [0.4, 0.5) is 0 Å². The van der Waals surface area contributed by atoms with Crippen molar-refractivity contribution in [2.75, 3.05) is 0 Å². The van der Waals surface area contributed by atoms with Crippen LogP contribution in [0.5, 0.6) is 0 Å². The van der Waals surface area contributed by atoms with E-state index in [0.29, 0.717) is 0 Å². The molecule has 0 aliphatic carbocycles. The molecular formula is H24Al2O36P10. The third-order valence-electron chi connectivity index (χ3n) is 0. The van der Waals surface area contributed by atoms with Gasteiger partial charge < -0.3 is 132 Å². The van der Waals surface area contributed by atoms with Crippen molar-refractivity contribution in [2.45, 2.75) is 0 Å². The van der Waals surface area contributed by atoms with Gasteiger partial charge in [-0.15, -0.1) is 0 Å². The van der Waals surface area contributed by atoms with Crippen LogP contribution in [0, 0.1) is 0 Å². The summed E-state index contributed by atoms with van der Waals surface area (Å²) in [5, 5.41) is 0. The summed E-state index contributed by atoms with van der Waals surface area (Å²) in [5.41, 5.74) is 0. The summed E-state index contributed by atoms with van der Waals surface area (Å²) in [4.78, 5) is 202. The molecule has 0 aromatic carbocycles. The van der Waals surface area contributed by atoms with Crippen molar-refractivity contribution in [1.82, 2.24) is 0 Å². The molecule has 0 amide bonds. The molecule has 21 N–H and O–H groups in total. The van der Waals surface area contributed by atoms with Gasteiger partial charge in [0.05, 0.1) is 0 Å². The van der Waals surface area contributed by atoms with E-state index < -0.39 is 70.4 Å². The van der Waals surface area contributed by atoms with Crippen LogP contribution < -0.4 is 29.4 Å². The van der Waals surface area contributed by atoms with Crippen LogP contribution >= 0.6 is 80.3 Å². The summed E-state index contributed by atoms with van der Waals surface area (Å²) in [7, 11) is -43.2. The zero-order valence-electron chi connectivity index (χ0n) is 21.4. The van der Waals surface area contributed by atoms with Gasteiger partial charge in [-0.05, 0) is 0 Å². The van der Waals surface area contributed by atoms with E-state index in [9.17, 15) is 0 Å². The quantitative estimate of drug-likeness (QED) is 0.0792. The van der Waals surface area contributed by atoms with Crippen LogP contribution in [0.1, 0.15) is 0 Å². The summed E-state index contributed by atoms with van der Waals surface area (Å²) in [6, 6.07) is 0. The molecule has 0 aliphatic heterocycles. The minimum Gasteiger partial charge on any atom is -0.756 e. The predicted octanol–water partition coefficient (Wildman–Crippen LogP) is -12.9. The van der Waals surface area contributed by atoms with Crippen molar-refractivity contribution < 1.29 is 173 Å². The first-order valence-electron chi connectivity index (χ1n) is 6.94. The zero-order chi connectivity index (χ0) is 40.5. The molecule has 48 heavy (non-hydrogen) atoms. The maximum Gasteiger partial charge on any atom is 3.00 e. The monoisotopic (exact) mass is 964 g/mol. The first kappa shape index (κ1) is 83.5. The molecule has 36 nitrogen and oxygen atoms in total. The van der Waals surface area contributed by atoms with Crippen LogP contribution in [-0.4, -0.2) is 137 Å². The van der Waals surface area contributed by atoms with E-state index in [0.717, 1.165) is 0 Å². The Labute approximate surface area is 287 Å². The third kappa shape index (κ3) is 17700. The van der Waals surface area contributed by atoms with Gasteiger partial charge in [-0.25, -0.2) is 13.7 Å². The molecule has 0 saturated carbocycles. The summed E-state index contributed by atoms with van der Waals surface area (Å²) in [5.74, 6) is 0. The second kappa shape index (κ2) is 36.5. The first-order chi connectivity index (χ1) is 18.0. The standard InChI is InChI=1S/2Al.9H3O4P.H3P/c;;9*1-5(2,3)4;/h;;9*(H3,1,2,3,4);1H3/q2*+3;;;;;;;;;;/p-6. The molecule has 48 heteroatoms. The number of phosphoric acid groups is 9. The molecule has 0 aliphatic rings. The van der Waals surface area contributed by atoms with E-state index in [1.54, 1.807) is 0 Å². The number of rotatable bonds is 0. The number of hydrogen-bond donors (Lipinski definition) is 21. The smallest absolute Gasteiger partial charge is 0.756 e. The average Bonchev–Trinajstić information content (AvgIpc) is 2.26.